The minimum absolute atomic E-state index is 0.103. The van der Waals surface area contributed by atoms with Crippen LogP contribution in [-0.2, 0) is 14.6 Å². The van der Waals surface area contributed by atoms with Crippen LogP contribution in [0.3, 0.4) is 0 Å². The van der Waals surface area contributed by atoms with Gasteiger partial charge in [0.05, 0.1) is 33.3 Å². The normalized spacial score (nSPS) is 29.5. The average Bonchev–Trinajstić information content (AvgIpc) is 3.02. The zero-order valence-electron chi connectivity index (χ0n) is 21.2. The fraction of sp³-hybridized carbons (Fsp3) is 0.481. The fourth-order valence-electron chi connectivity index (χ4n) is 6.27. The Morgan fingerprint density at radius 1 is 1.00 bits per heavy atom. The summed E-state index contributed by atoms with van der Waals surface area (Å²) in [4.78, 5) is 25.0. The molecule has 2 aromatic rings. The first kappa shape index (κ1) is 28.8. The lowest BCUT2D eigenvalue weighted by molar-refractivity contribution is -0.134. The quantitative estimate of drug-likeness (QED) is 0.358. The molecule has 3 saturated carbocycles. The maximum Gasteiger partial charge on any atom is 0.255 e. The highest BCUT2D eigenvalue weighted by Gasteiger charge is 2.56. The van der Waals surface area contributed by atoms with Crippen LogP contribution in [0.5, 0.6) is 0 Å². The van der Waals surface area contributed by atoms with Crippen molar-refractivity contribution in [1.82, 2.24) is 5.32 Å². The van der Waals surface area contributed by atoms with Crippen LogP contribution in [0, 0.1) is 29.3 Å². The van der Waals surface area contributed by atoms with Crippen LogP contribution in [0.1, 0.15) is 55.3 Å². The van der Waals surface area contributed by atoms with Gasteiger partial charge in [-0.1, -0.05) is 11.6 Å². The number of nitrogens with one attached hydrogen (secondary N) is 2. The van der Waals surface area contributed by atoms with Gasteiger partial charge in [-0.25, -0.2) is 21.6 Å². The van der Waals surface area contributed by atoms with E-state index >= 15 is 0 Å². The number of rotatable bonds is 7. The molecule has 0 spiro atoms. The first-order valence-electron chi connectivity index (χ1n) is 13.0. The molecule has 216 valence electrons. The van der Waals surface area contributed by atoms with Gasteiger partial charge in [-0.3, -0.25) is 9.59 Å². The summed E-state index contributed by atoms with van der Waals surface area (Å²) in [5.74, 6) is -6.77. The van der Waals surface area contributed by atoms with E-state index in [2.05, 4.69) is 10.6 Å². The highest BCUT2D eigenvalue weighted by atomic mass is 35.5. The lowest BCUT2D eigenvalue weighted by atomic mass is 9.72. The Morgan fingerprint density at radius 2 is 1.60 bits per heavy atom. The van der Waals surface area contributed by atoms with Gasteiger partial charge < -0.3 is 20.8 Å². The predicted octanol–water partition coefficient (Wildman–Crippen LogP) is 3.73. The Balaban J connectivity index is 1.31. The number of hydrogen-bond acceptors (Lipinski definition) is 6. The number of aliphatic hydroxyl groups is 2. The van der Waals surface area contributed by atoms with Crippen LogP contribution < -0.4 is 10.6 Å². The summed E-state index contributed by atoms with van der Waals surface area (Å²) in [6.45, 7) is 0. The van der Waals surface area contributed by atoms with Gasteiger partial charge in [-0.15, -0.1) is 0 Å². The Hall–Kier alpha value is -2.67. The van der Waals surface area contributed by atoms with E-state index < -0.39 is 62.0 Å². The van der Waals surface area contributed by atoms with Crippen molar-refractivity contribution in [2.24, 2.45) is 11.8 Å². The van der Waals surface area contributed by atoms with E-state index in [1.807, 2.05) is 0 Å². The summed E-state index contributed by atoms with van der Waals surface area (Å²) in [5.41, 5.74) is -1.86. The van der Waals surface area contributed by atoms with Gasteiger partial charge in [0.1, 0.15) is 0 Å². The van der Waals surface area contributed by atoms with Crippen molar-refractivity contribution in [2.75, 3.05) is 5.32 Å². The van der Waals surface area contributed by atoms with Crippen LogP contribution in [0.2, 0.25) is 5.02 Å². The second kappa shape index (κ2) is 10.6. The van der Waals surface area contributed by atoms with Crippen molar-refractivity contribution in [2.45, 2.75) is 72.8 Å². The molecular weight excluding hydrogens is 573 g/mol. The lowest BCUT2D eigenvalue weighted by Crippen LogP contribution is -2.53. The van der Waals surface area contributed by atoms with Crippen LogP contribution >= 0.6 is 11.6 Å². The largest absolute Gasteiger partial charge is 0.393 e. The summed E-state index contributed by atoms with van der Waals surface area (Å²) >= 11 is 6.24. The summed E-state index contributed by atoms with van der Waals surface area (Å²) in [6.07, 6.45) is 1.67. The molecule has 0 aromatic heterocycles. The number of carbonyl (C=O) groups is 2. The summed E-state index contributed by atoms with van der Waals surface area (Å²) < 4.78 is 67.7. The Bertz CT molecular complexity index is 1430. The zero-order valence-corrected chi connectivity index (χ0v) is 22.7. The summed E-state index contributed by atoms with van der Waals surface area (Å²) in [6, 6.07) is 4.61. The third kappa shape index (κ3) is 5.34. The molecule has 2 bridgehead atoms. The number of sulfone groups is 1. The molecule has 0 radical (unpaired) electrons. The number of benzene rings is 2. The van der Waals surface area contributed by atoms with Crippen LogP contribution in [-0.4, -0.2) is 53.4 Å². The fourth-order valence-corrected chi connectivity index (χ4v) is 8.67. The Labute approximate surface area is 233 Å². The van der Waals surface area contributed by atoms with Gasteiger partial charge in [0.2, 0.25) is 5.91 Å². The van der Waals surface area contributed by atoms with E-state index in [0.717, 1.165) is 6.07 Å². The van der Waals surface area contributed by atoms with Crippen LogP contribution in [0.15, 0.2) is 35.2 Å². The van der Waals surface area contributed by atoms with Crippen molar-refractivity contribution < 1.29 is 41.4 Å². The second-order valence-electron chi connectivity index (χ2n) is 11.0. The first-order valence-corrected chi connectivity index (χ1v) is 14.9. The number of carbonyl (C=O) groups excluding carboxylic acids is 2. The molecule has 0 saturated heterocycles. The second-order valence-corrected chi connectivity index (χ2v) is 13.6. The Kier molecular flexibility index (Phi) is 7.66. The minimum atomic E-state index is -4.09. The Morgan fingerprint density at radius 3 is 2.17 bits per heavy atom. The van der Waals surface area contributed by atoms with Crippen molar-refractivity contribution in [1.29, 1.82) is 0 Å². The highest BCUT2D eigenvalue weighted by molar-refractivity contribution is 7.92. The topological polar surface area (TPSA) is 133 Å². The summed E-state index contributed by atoms with van der Waals surface area (Å²) in [5, 5.41) is 24.9. The molecule has 4 N–H and O–H groups in total. The number of fused-ring (bicyclic) bond motifs is 2. The molecule has 2 amide bonds. The predicted molar refractivity (Wildman–Crippen MR) is 139 cm³/mol. The molecule has 5 rings (SSSR count). The van der Waals surface area contributed by atoms with E-state index in [1.165, 1.54) is 12.1 Å². The molecule has 13 heteroatoms. The van der Waals surface area contributed by atoms with Crippen molar-refractivity contribution in [3.8, 4) is 0 Å². The third-order valence-electron chi connectivity index (χ3n) is 8.47. The maximum absolute atomic E-state index is 13.7. The average molecular weight is 601 g/mol. The standard InChI is InChI=1S/C27H28ClF3N2O6S/c28-20-4-1-13(26(36)33-17-10-21(29)25(31)22(30)11-17)5-23(20)40(38,39)19-6-14-2-3-15(7-19)27(14,37)12-24(35)32-16-8-18(34)9-16/h1,4-5,10-11,14-16,18-19,34,37H,2-3,6-9,12H2,(H,32,35)(H,33,36)/t14-,15?,16?,18?,19?,27?/m0/s1. The molecule has 3 fully saturated rings. The number of hydrogen-bond donors (Lipinski definition) is 4. The van der Waals surface area contributed by atoms with E-state index in [9.17, 15) is 41.4 Å². The third-order valence-corrected chi connectivity index (χ3v) is 11.1. The van der Waals surface area contributed by atoms with Gasteiger partial charge in [0.15, 0.2) is 27.3 Å². The summed E-state index contributed by atoms with van der Waals surface area (Å²) in [7, 11) is -4.09. The lowest BCUT2D eigenvalue weighted by Gasteiger charge is -2.42. The molecule has 4 atom stereocenters. The maximum atomic E-state index is 13.7. The smallest absolute Gasteiger partial charge is 0.255 e. The van der Waals surface area contributed by atoms with Gasteiger partial charge in [0.25, 0.3) is 5.91 Å². The van der Waals surface area contributed by atoms with E-state index in [1.54, 1.807) is 0 Å². The first-order chi connectivity index (χ1) is 18.8. The molecule has 0 aliphatic heterocycles. The molecule has 2 aromatic carbocycles. The molecule has 3 aliphatic carbocycles. The van der Waals surface area contributed by atoms with Crippen molar-refractivity contribution in [3.63, 3.8) is 0 Å². The van der Waals surface area contributed by atoms with E-state index in [-0.39, 0.29) is 52.4 Å². The molecule has 0 heterocycles. The monoisotopic (exact) mass is 600 g/mol. The number of aliphatic hydroxyl groups excluding tert-OH is 1. The molecule has 3 unspecified atom stereocenters. The SMILES string of the molecule is O=C(CC1(O)C2CC[C@H]1CC(S(=O)(=O)c1cc(C(=O)Nc3cc(F)c(F)c(F)c3)ccc1Cl)C2)NC1CC(O)C1. The van der Waals surface area contributed by atoms with Crippen LogP contribution in [0.4, 0.5) is 18.9 Å². The molecular formula is C27H28ClF3N2O6S. The van der Waals surface area contributed by atoms with Gasteiger partial charge >= 0.3 is 0 Å². The van der Waals surface area contributed by atoms with Gasteiger partial charge in [0, 0.05) is 29.4 Å². The van der Waals surface area contributed by atoms with Crippen molar-refractivity contribution in [3.05, 3.63) is 58.4 Å². The number of anilines is 1. The minimum Gasteiger partial charge on any atom is -0.393 e. The molecule has 8 nitrogen and oxygen atoms in total. The zero-order chi connectivity index (χ0) is 29.0. The molecule has 40 heavy (non-hydrogen) atoms. The van der Waals surface area contributed by atoms with Crippen LogP contribution in [0.25, 0.3) is 0 Å². The van der Waals surface area contributed by atoms with E-state index in [0.29, 0.717) is 37.8 Å². The van der Waals surface area contributed by atoms with Gasteiger partial charge in [-0.05, 0) is 68.6 Å². The number of halogens is 4. The van der Waals surface area contributed by atoms with Gasteiger partial charge in [-0.2, -0.15) is 0 Å². The molecule has 3 aliphatic rings. The number of amides is 2. The highest BCUT2D eigenvalue weighted by Crippen LogP contribution is 2.53. The van der Waals surface area contributed by atoms with E-state index in [4.69, 9.17) is 11.6 Å². The van der Waals surface area contributed by atoms with Crippen molar-refractivity contribution >= 4 is 38.9 Å².